The van der Waals surface area contributed by atoms with Crippen molar-refractivity contribution in [2.24, 2.45) is 0 Å². The molecule has 2 nitrogen and oxygen atoms in total. The molecule has 0 fully saturated rings. The minimum atomic E-state index is 0.402. The number of hydrogen-bond acceptors (Lipinski definition) is 2. The Hall–Kier alpha value is -3.52. The zero-order valence-electron chi connectivity index (χ0n) is 41.8. The van der Waals surface area contributed by atoms with E-state index in [4.69, 9.17) is 11.5 Å². The topological polar surface area (TPSA) is 52.0 Å². The second kappa shape index (κ2) is 33.9. The highest BCUT2D eigenvalue weighted by Crippen LogP contribution is 2.37. The first kappa shape index (κ1) is 53.1. The molecule has 2 heteroatoms. The van der Waals surface area contributed by atoms with Crippen molar-refractivity contribution in [2.45, 2.75) is 244 Å². The number of nitrogens with two attached hydrogens (primary N) is 2. The van der Waals surface area contributed by atoms with Crippen molar-refractivity contribution in [3.63, 3.8) is 0 Å². The van der Waals surface area contributed by atoms with Crippen LogP contribution in [0.15, 0.2) is 97.1 Å². The van der Waals surface area contributed by atoms with Crippen molar-refractivity contribution < 1.29 is 0 Å². The van der Waals surface area contributed by atoms with E-state index < -0.39 is 0 Å². The Morgan fingerprint density at radius 2 is 0.391 bits per heavy atom. The van der Waals surface area contributed by atoms with Crippen LogP contribution in [0.25, 0.3) is 0 Å². The van der Waals surface area contributed by atoms with Gasteiger partial charge in [0, 0.05) is 29.1 Å². The molecule has 0 saturated carbocycles. The van der Waals surface area contributed by atoms with Crippen LogP contribution in [-0.4, -0.2) is 0 Å². The standard InChI is InChI=1S/C62H96N2/c1-4-7-10-13-16-19-22-25-28-31-34-61(56-44-48-58(63)49-45-56)54-40-36-52(37-41-54)60(33-30-27-24-21-18-15-12-9-6-3)53-38-42-55(43-39-53)62(57-46-50-59(64)51-47-57)35-32-29-26-23-20-17-14-11-8-5-2/h36-51,60-62H,4-35,63-64H2,1-3H3. The Morgan fingerprint density at radius 1 is 0.234 bits per heavy atom. The van der Waals surface area contributed by atoms with Crippen molar-refractivity contribution in [3.8, 4) is 0 Å². The molecule has 0 aromatic heterocycles. The fourth-order valence-electron chi connectivity index (χ4n) is 10.3. The molecule has 4 N–H and O–H groups in total. The highest BCUT2D eigenvalue weighted by atomic mass is 14.5. The van der Waals surface area contributed by atoms with Crippen LogP contribution in [0.3, 0.4) is 0 Å². The van der Waals surface area contributed by atoms with Gasteiger partial charge in [0.1, 0.15) is 0 Å². The van der Waals surface area contributed by atoms with Gasteiger partial charge in [0.25, 0.3) is 0 Å². The lowest BCUT2D eigenvalue weighted by Gasteiger charge is -2.23. The summed E-state index contributed by atoms with van der Waals surface area (Å²) in [6.45, 7) is 6.92. The number of benzene rings is 4. The van der Waals surface area contributed by atoms with E-state index in [1.165, 1.54) is 239 Å². The Kier molecular flexibility index (Phi) is 28.1. The van der Waals surface area contributed by atoms with Gasteiger partial charge in [-0.1, -0.05) is 280 Å². The molecule has 0 amide bonds. The molecule has 0 bridgehead atoms. The third kappa shape index (κ3) is 21.2. The first-order valence-electron chi connectivity index (χ1n) is 27.4. The number of rotatable bonds is 38. The third-order valence-electron chi connectivity index (χ3n) is 14.4. The van der Waals surface area contributed by atoms with Crippen molar-refractivity contribution in [1.82, 2.24) is 0 Å². The molecular weight excluding hydrogens is 773 g/mol. The number of anilines is 2. The molecule has 2 unspecified atom stereocenters. The molecule has 64 heavy (non-hydrogen) atoms. The van der Waals surface area contributed by atoms with E-state index in [-0.39, 0.29) is 0 Å². The summed E-state index contributed by atoms with van der Waals surface area (Å²) in [5.41, 5.74) is 22.7. The normalized spacial score (nSPS) is 13.0. The highest BCUT2D eigenvalue weighted by molar-refractivity contribution is 5.45. The minimum absolute atomic E-state index is 0.402. The molecule has 0 aliphatic rings. The molecule has 2 atom stereocenters. The van der Waals surface area contributed by atoms with Gasteiger partial charge in [0.15, 0.2) is 0 Å². The Labute approximate surface area is 395 Å². The summed E-state index contributed by atoms with van der Waals surface area (Å²) in [7, 11) is 0. The zero-order valence-corrected chi connectivity index (χ0v) is 41.8. The Bertz CT molecular complexity index is 1550. The van der Waals surface area contributed by atoms with Crippen LogP contribution in [0.5, 0.6) is 0 Å². The van der Waals surface area contributed by atoms with E-state index in [1.807, 2.05) is 0 Å². The van der Waals surface area contributed by atoms with Crippen molar-refractivity contribution >= 4 is 11.4 Å². The lowest BCUT2D eigenvalue weighted by atomic mass is 9.81. The van der Waals surface area contributed by atoms with Gasteiger partial charge in [-0.2, -0.15) is 0 Å². The average molecular weight is 869 g/mol. The molecule has 4 aromatic carbocycles. The van der Waals surface area contributed by atoms with Crippen molar-refractivity contribution in [3.05, 3.63) is 130 Å². The first-order valence-corrected chi connectivity index (χ1v) is 27.4. The van der Waals surface area contributed by atoms with Crippen LogP contribution in [0.1, 0.15) is 277 Å². The van der Waals surface area contributed by atoms with Gasteiger partial charge in [-0.15, -0.1) is 0 Å². The SMILES string of the molecule is CCCCCCCCCCCCC(c1ccc(N)cc1)c1ccc(C(CCCCCCCCCCC)c2ccc(C(CCCCCCCCCCCC)c3ccc(N)cc3)cc2)cc1. The fraction of sp³-hybridized carbons (Fsp3) is 0.613. The van der Waals surface area contributed by atoms with Gasteiger partial charge in [0.05, 0.1) is 0 Å². The minimum Gasteiger partial charge on any atom is -0.399 e. The molecule has 0 radical (unpaired) electrons. The number of nitrogen functional groups attached to an aromatic ring is 2. The van der Waals surface area contributed by atoms with Crippen LogP contribution in [0.4, 0.5) is 11.4 Å². The lowest BCUT2D eigenvalue weighted by molar-refractivity contribution is 0.540. The molecule has 0 aliphatic heterocycles. The summed E-state index contributed by atoms with van der Waals surface area (Å²) in [5, 5.41) is 0. The van der Waals surface area contributed by atoms with E-state index in [1.54, 1.807) is 0 Å². The molecule has 0 heterocycles. The molecule has 354 valence electrons. The van der Waals surface area contributed by atoms with E-state index in [0.29, 0.717) is 17.8 Å². The van der Waals surface area contributed by atoms with Crippen LogP contribution in [0, 0.1) is 0 Å². The van der Waals surface area contributed by atoms with Crippen molar-refractivity contribution in [1.29, 1.82) is 0 Å². The predicted octanol–water partition coefficient (Wildman–Crippen LogP) is 19.8. The zero-order chi connectivity index (χ0) is 45.3. The number of unbranched alkanes of at least 4 members (excludes halogenated alkanes) is 26. The maximum Gasteiger partial charge on any atom is 0.0314 e. The summed E-state index contributed by atoms with van der Waals surface area (Å²) in [6.07, 6.45) is 43.3. The average Bonchev–Trinajstić information content (AvgIpc) is 3.32. The lowest BCUT2D eigenvalue weighted by Crippen LogP contribution is -2.06. The van der Waals surface area contributed by atoms with Gasteiger partial charge in [-0.3, -0.25) is 0 Å². The second-order valence-corrected chi connectivity index (χ2v) is 19.9. The molecule has 0 spiro atoms. The van der Waals surface area contributed by atoms with E-state index in [0.717, 1.165) is 11.4 Å². The number of hydrogen-bond donors (Lipinski definition) is 2. The maximum absolute atomic E-state index is 6.18. The van der Waals surface area contributed by atoms with E-state index >= 15 is 0 Å². The smallest absolute Gasteiger partial charge is 0.0314 e. The maximum atomic E-state index is 6.18. The molecule has 0 aliphatic carbocycles. The van der Waals surface area contributed by atoms with Crippen LogP contribution >= 0.6 is 0 Å². The van der Waals surface area contributed by atoms with Crippen molar-refractivity contribution in [2.75, 3.05) is 11.5 Å². The largest absolute Gasteiger partial charge is 0.399 e. The van der Waals surface area contributed by atoms with Gasteiger partial charge >= 0.3 is 0 Å². The van der Waals surface area contributed by atoms with Gasteiger partial charge in [-0.05, 0) is 76.9 Å². The molecule has 4 rings (SSSR count). The summed E-state index contributed by atoms with van der Waals surface area (Å²) < 4.78 is 0. The molecule has 4 aromatic rings. The first-order chi connectivity index (χ1) is 31.5. The van der Waals surface area contributed by atoms with E-state index in [9.17, 15) is 0 Å². The van der Waals surface area contributed by atoms with Gasteiger partial charge in [-0.25, -0.2) is 0 Å². The van der Waals surface area contributed by atoms with Crippen LogP contribution in [0.2, 0.25) is 0 Å². The molecule has 0 saturated heterocycles. The van der Waals surface area contributed by atoms with Crippen LogP contribution < -0.4 is 11.5 Å². The summed E-state index contributed by atoms with van der Waals surface area (Å²) in [6, 6.07) is 37.2. The Balaban J connectivity index is 1.46. The van der Waals surface area contributed by atoms with Gasteiger partial charge in [0.2, 0.25) is 0 Å². The quantitative estimate of drug-likeness (QED) is 0.0348. The third-order valence-corrected chi connectivity index (χ3v) is 14.4. The van der Waals surface area contributed by atoms with Crippen LogP contribution in [-0.2, 0) is 0 Å². The fourth-order valence-corrected chi connectivity index (χ4v) is 10.3. The molecular formula is C62H96N2. The van der Waals surface area contributed by atoms with E-state index in [2.05, 4.69) is 118 Å². The summed E-state index contributed by atoms with van der Waals surface area (Å²) in [5.74, 6) is 1.21. The van der Waals surface area contributed by atoms with Gasteiger partial charge < -0.3 is 11.5 Å². The monoisotopic (exact) mass is 869 g/mol. The second-order valence-electron chi connectivity index (χ2n) is 19.9. The highest BCUT2D eigenvalue weighted by Gasteiger charge is 2.20. The Morgan fingerprint density at radius 3 is 0.578 bits per heavy atom. The summed E-state index contributed by atoms with van der Waals surface area (Å²) >= 11 is 0. The summed E-state index contributed by atoms with van der Waals surface area (Å²) in [4.78, 5) is 0. The predicted molar refractivity (Wildman–Crippen MR) is 285 cm³/mol.